The van der Waals surface area contributed by atoms with E-state index in [4.69, 9.17) is 98.4 Å². The fraction of sp³-hybridized carbons (Fsp3) is 0.491. The Morgan fingerprint density at radius 1 is 0.627 bits per heavy atom. The standard InChI is InChI=1S/C23H32Cl2NO6P.C20H23Cl2N2O7P.C10H14Cl2NO4P/c1-23-9-8-18-17-5-3-16(31-22(27)26(12-10-24)13-11-25)14-15(17)2-4-19(18)20(23)6-7-21(23)32-33(28,29)30;21-9-11-24(12-10-22)16-5-3-15(4-6-16)19(25)23-18(20(26)27)13-14-1-7-17(8-2-14)31-32(28,29)30;11-5-7-13(8-6-12)9-1-3-10(4-2-9)17-18(14,15)16/h3,5,14,18-21H,2,4,6-13H2,1H3,(H2,28,29,30);1-8,18H,9-13H2,(H,23,25)(H,26,27)(H2,28,29,30);1-4H,5-8H2,(H2,14,15,16)/t18?,19?,20?,21-,23-;18-;/m01./s1. The van der Waals surface area contributed by atoms with Crippen molar-refractivity contribution in [3.8, 4) is 17.2 Å². The zero-order valence-electron chi connectivity index (χ0n) is 45.1. The Morgan fingerprint density at radius 3 is 1.58 bits per heavy atom. The molecular weight excluding hydrogens is 1270 g/mol. The number of aliphatic carboxylic acids is 1. The van der Waals surface area contributed by atoms with Crippen molar-refractivity contribution >= 4 is 122 Å². The number of phosphoric acid groups is 3. The van der Waals surface area contributed by atoms with Crippen LogP contribution < -0.4 is 28.9 Å². The zero-order chi connectivity index (χ0) is 61.1. The van der Waals surface area contributed by atoms with Gasteiger partial charge in [-0.05, 0) is 151 Å². The van der Waals surface area contributed by atoms with Crippen molar-refractivity contribution in [1.82, 2.24) is 10.2 Å². The van der Waals surface area contributed by atoms with E-state index in [9.17, 15) is 43.0 Å². The van der Waals surface area contributed by atoms with Gasteiger partial charge in [0.2, 0.25) is 0 Å². The van der Waals surface area contributed by atoms with E-state index in [1.165, 1.54) is 52.4 Å². The van der Waals surface area contributed by atoms with E-state index in [0.29, 0.717) is 116 Å². The average Bonchev–Trinajstić information content (AvgIpc) is 3.74. The first-order valence-electron chi connectivity index (χ1n) is 26.3. The van der Waals surface area contributed by atoms with Crippen molar-refractivity contribution < 1.29 is 80.9 Å². The molecule has 0 bridgehead atoms. The molecule has 83 heavy (non-hydrogen) atoms. The molecule has 0 radical (unpaired) electrons. The monoisotopic (exact) mass is 1340 g/mol. The summed E-state index contributed by atoms with van der Waals surface area (Å²) in [5.41, 5.74) is 4.86. The van der Waals surface area contributed by atoms with Crippen molar-refractivity contribution in [1.29, 1.82) is 0 Å². The van der Waals surface area contributed by atoms with Gasteiger partial charge in [-0.3, -0.25) is 28.9 Å². The van der Waals surface area contributed by atoms with Gasteiger partial charge in [-0.25, -0.2) is 23.3 Å². The number of nitrogens with zero attached hydrogens (tertiary/aromatic N) is 3. The summed E-state index contributed by atoms with van der Waals surface area (Å²) in [7, 11) is -13.7. The van der Waals surface area contributed by atoms with Crippen LogP contribution in [0.1, 0.15) is 72.0 Å². The maximum absolute atomic E-state index is 12.6. The third kappa shape index (κ3) is 22.0. The van der Waals surface area contributed by atoms with E-state index >= 15 is 0 Å². The topological polar surface area (TPSA) is 303 Å². The lowest BCUT2D eigenvalue weighted by Gasteiger charge is -2.50. The smallest absolute Gasteiger partial charge is 0.480 e. The van der Waals surface area contributed by atoms with E-state index in [-0.39, 0.29) is 23.3 Å². The highest BCUT2D eigenvalue weighted by Crippen LogP contribution is 2.63. The first-order chi connectivity index (χ1) is 39.2. The Bertz CT molecular complexity index is 2860. The number of carboxylic acid groups (broad SMARTS) is 1. The normalized spacial score (nSPS) is 19.4. The number of fused-ring (bicyclic) bond motifs is 5. The van der Waals surface area contributed by atoms with Crippen LogP contribution in [0.2, 0.25) is 0 Å². The number of rotatable bonds is 26. The lowest BCUT2D eigenvalue weighted by molar-refractivity contribution is -0.139. The highest BCUT2D eigenvalue weighted by Gasteiger charge is 2.56. The number of alkyl halides is 6. The van der Waals surface area contributed by atoms with Gasteiger partial charge in [0.1, 0.15) is 23.3 Å². The second kappa shape index (κ2) is 33.0. The third-order valence-electron chi connectivity index (χ3n) is 14.6. The number of benzene rings is 4. The molecule has 2 fully saturated rings. The molecule has 3 aliphatic carbocycles. The number of anilines is 2. The molecule has 21 nitrogen and oxygen atoms in total. The molecule has 2 saturated carbocycles. The molecule has 0 aromatic heterocycles. The number of ether oxygens (including phenoxy) is 1. The predicted molar refractivity (Wildman–Crippen MR) is 322 cm³/mol. The number of halogens is 6. The molecule has 4 aromatic carbocycles. The van der Waals surface area contributed by atoms with Gasteiger partial charge in [-0.2, -0.15) is 0 Å². The summed E-state index contributed by atoms with van der Waals surface area (Å²) in [6.45, 7) is 5.40. The van der Waals surface area contributed by atoms with Crippen molar-refractivity contribution in [3.05, 3.63) is 113 Å². The largest absolute Gasteiger partial charge is 0.524 e. The van der Waals surface area contributed by atoms with E-state index < -0.39 is 53.6 Å². The lowest BCUT2D eigenvalue weighted by atomic mass is 9.55. The number of carbonyl (C=O) groups excluding carboxylic acids is 2. The Balaban J connectivity index is 0.000000238. The molecule has 0 heterocycles. The van der Waals surface area contributed by atoms with Gasteiger partial charge in [-0.15, -0.1) is 69.6 Å². The maximum atomic E-state index is 12.6. The lowest BCUT2D eigenvalue weighted by Crippen LogP contribution is -2.44. The number of aryl methyl sites for hydroxylation is 1. The van der Waals surface area contributed by atoms with Gasteiger partial charge in [0, 0.05) is 97.9 Å². The van der Waals surface area contributed by atoms with Crippen LogP contribution in [-0.2, 0) is 35.9 Å². The molecule has 0 aliphatic heterocycles. The number of hydrogen-bond donors (Lipinski definition) is 8. The Morgan fingerprint density at radius 2 is 1.11 bits per heavy atom. The maximum Gasteiger partial charge on any atom is 0.524 e. The van der Waals surface area contributed by atoms with Gasteiger partial charge in [0.25, 0.3) is 5.91 Å². The second-order valence-corrected chi connectivity index (χ2v) is 25.6. The van der Waals surface area contributed by atoms with E-state index in [2.05, 4.69) is 27.4 Å². The summed E-state index contributed by atoms with van der Waals surface area (Å²) in [6.07, 6.45) is 4.51. The number of phosphoric ester groups is 3. The highest BCUT2D eigenvalue weighted by molar-refractivity contribution is 7.47. The zero-order valence-corrected chi connectivity index (χ0v) is 52.4. The molecule has 3 aliphatic rings. The molecule has 0 spiro atoms. The van der Waals surface area contributed by atoms with Crippen LogP contribution in [0.25, 0.3) is 0 Å². The average molecular weight is 1340 g/mol. The summed E-state index contributed by atoms with van der Waals surface area (Å²) in [5.74, 6) is 2.51. The van der Waals surface area contributed by atoms with Crippen LogP contribution >= 0.6 is 93.1 Å². The van der Waals surface area contributed by atoms with Crippen LogP contribution in [0.3, 0.4) is 0 Å². The molecule has 8 N–H and O–H groups in total. The van der Waals surface area contributed by atoms with Gasteiger partial charge in [0.15, 0.2) is 0 Å². The Kier molecular flexibility index (Phi) is 27.9. The van der Waals surface area contributed by atoms with Crippen molar-refractivity contribution in [2.75, 3.05) is 84.3 Å². The quantitative estimate of drug-likeness (QED) is 0.0214. The minimum absolute atomic E-state index is 0.0332. The summed E-state index contributed by atoms with van der Waals surface area (Å²) < 4.78 is 52.7. The molecule has 30 heteroatoms. The molecule has 3 unspecified atom stereocenters. The first-order valence-corrected chi connectivity index (χ1v) is 34.1. The van der Waals surface area contributed by atoms with Crippen molar-refractivity contribution in [2.24, 2.45) is 17.3 Å². The second-order valence-electron chi connectivity index (χ2n) is 19.9. The fourth-order valence-electron chi connectivity index (χ4n) is 10.9. The molecule has 6 atom stereocenters. The minimum Gasteiger partial charge on any atom is -0.480 e. The molecule has 460 valence electrons. The van der Waals surface area contributed by atoms with Gasteiger partial charge < -0.3 is 48.7 Å². The van der Waals surface area contributed by atoms with Crippen molar-refractivity contribution in [2.45, 2.75) is 69.9 Å². The van der Waals surface area contributed by atoms with Gasteiger partial charge in [-0.1, -0.05) is 25.1 Å². The van der Waals surface area contributed by atoms with Crippen LogP contribution in [0.5, 0.6) is 17.2 Å². The van der Waals surface area contributed by atoms with Crippen LogP contribution in [0.4, 0.5) is 16.2 Å². The summed E-state index contributed by atoms with van der Waals surface area (Å²) in [6, 6.07) is 23.3. The molecule has 0 saturated heterocycles. The molecular formula is C53H69Cl6N4O17P3. The SMILES string of the molecule is C[C@]12CCC3c4ccc(OC(=O)N(CCCl)CCCl)cc4CCC3C1CC[C@@H]2OP(=O)(O)O.O=C(N[C@H](Cc1ccc(OP(=O)(O)O)cc1)C(=O)O)c1ccc(N(CCCl)CCCl)cc1.O=P(O)(O)Oc1ccc(N(CCCl)CCCl)cc1. The molecule has 2 amide bonds. The van der Waals surface area contributed by atoms with E-state index in [0.717, 1.165) is 43.5 Å². The Hall–Kier alpha value is -3.56. The fourth-order valence-corrected chi connectivity index (χ4v) is 13.6. The number of carboxylic acids is 1. The summed E-state index contributed by atoms with van der Waals surface area (Å²) >= 11 is 34.6. The predicted octanol–water partition coefficient (Wildman–Crippen LogP) is 10.6. The van der Waals surface area contributed by atoms with Crippen LogP contribution in [0.15, 0.2) is 91.0 Å². The highest BCUT2D eigenvalue weighted by atomic mass is 35.5. The summed E-state index contributed by atoms with van der Waals surface area (Å²) in [4.78, 5) is 95.8. The van der Waals surface area contributed by atoms with Crippen LogP contribution in [0, 0.1) is 17.3 Å². The third-order valence-corrected chi connectivity index (χ3v) is 17.0. The Labute approximate surface area is 512 Å². The van der Waals surface area contributed by atoms with Gasteiger partial charge >= 0.3 is 35.5 Å². The summed E-state index contributed by atoms with van der Waals surface area (Å²) in [5, 5.41) is 12.0. The molecule has 4 aromatic rings. The number of carbonyl (C=O) groups is 3. The number of hydrogen-bond acceptors (Lipinski definition) is 12. The van der Waals surface area contributed by atoms with Gasteiger partial charge in [0.05, 0.1) is 6.10 Å². The minimum atomic E-state index is -4.68. The number of amides is 2. The first kappa shape index (κ1) is 70.2. The number of nitrogens with one attached hydrogen (secondary N) is 1. The molecule has 7 rings (SSSR count). The van der Waals surface area contributed by atoms with E-state index in [1.54, 1.807) is 36.4 Å². The van der Waals surface area contributed by atoms with Crippen molar-refractivity contribution in [3.63, 3.8) is 0 Å². The van der Waals surface area contributed by atoms with E-state index in [1.807, 2.05) is 21.9 Å². The van der Waals surface area contributed by atoms with Crippen LogP contribution in [-0.4, -0.2) is 144 Å².